The van der Waals surface area contributed by atoms with Crippen LogP contribution in [0.15, 0.2) is 22.7 Å². The van der Waals surface area contributed by atoms with E-state index in [1.165, 1.54) is 24.3 Å². The zero-order valence-corrected chi connectivity index (χ0v) is 10.9. The molecule has 15 heavy (non-hydrogen) atoms. The summed E-state index contributed by atoms with van der Waals surface area (Å²) in [5.41, 5.74) is 7.65. The van der Waals surface area contributed by atoms with E-state index in [1.807, 2.05) is 30.0 Å². The number of thioether (sulfide) groups is 1. The second-order valence-corrected chi connectivity index (χ2v) is 5.85. The number of nitrogen functional groups attached to an aromatic ring is 1. The third-order valence-electron chi connectivity index (χ3n) is 2.57. The van der Waals surface area contributed by atoms with Crippen LogP contribution >= 0.6 is 27.7 Å². The average Bonchev–Trinajstić information content (AvgIpc) is 2.24. The summed E-state index contributed by atoms with van der Waals surface area (Å²) < 4.78 is 1.06. The van der Waals surface area contributed by atoms with Crippen molar-refractivity contribution in [1.82, 2.24) is 0 Å². The third-order valence-corrected chi connectivity index (χ3v) is 4.28. The van der Waals surface area contributed by atoms with Gasteiger partial charge in [0.05, 0.1) is 0 Å². The SMILES string of the molecule is Nc1ccc(NC2CCSCC2)c(Br)c1. The second-order valence-electron chi connectivity index (χ2n) is 3.77. The number of hydrogen-bond donors (Lipinski definition) is 2. The van der Waals surface area contributed by atoms with Crippen LogP contribution in [0.25, 0.3) is 0 Å². The van der Waals surface area contributed by atoms with E-state index < -0.39 is 0 Å². The molecule has 1 fully saturated rings. The fourth-order valence-corrected chi connectivity index (χ4v) is 3.33. The molecule has 2 rings (SSSR count). The Morgan fingerprint density at radius 1 is 1.33 bits per heavy atom. The molecule has 0 aliphatic carbocycles. The topological polar surface area (TPSA) is 38.0 Å². The number of nitrogens with two attached hydrogens (primary N) is 1. The van der Waals surface area contributed by atoms with Gasteiger partial charge >= 0.3 is 0 Å². The van der Waals surface area contributed by atoms with Gasteiger partial charge in [-0.05, 0) is 58.5 Å². The Labute approximate surface area is 103 Å². The van der Waals surface area contributed by atoms with Crippen LogP contribution in [0.1, 0.15) is 12.8 Å². The normalized spacial score (nSPS) is 17.7. The number of benzene rings is 1. The summed E-state index contributed by atoms with van der Waals surface area (Å²) >= 11 is 5.57. The van der Waals surface area contributed by atoms with Crippen LogP contribution in [0.4, 0.5) is 11.4 Å². The van der Waals surface area contributed by atoms with Gasteiger partial charge in [0.2, 0.25) is 0 Å². The van der Waals surface area contributed by atoms with E-state index in [1.54, 1.807) is 0 Å². The number of hydrogen-bond acceptors (Lipinski definition) is 3. The van der Waals surface area contributed by atoms with Crippen LogP contribution < -0.4 is 11.1 Å². The van der Waals surface area contributed by atoms with E-state index in [-0.39, 0.29) is 0 Å². The predicted octanol–water partition coefficient (Wildman–Crippen LogP) is 3.34. The summed E-state index contributed by atoms with van der Waals surface area (Å²) in [6, 6.07) is 6.54. The monoisotopic (exact) mass is 286 g/mol. The van der Waals surface area contributed by atoms with E-state index in [0.29, 0.717) is 6.04 Å². The molecule has 3 N–H and O–H groups in total. The van der Waals surface area contributed by atoms with Gasteiger partial charge in [0, 0.05) is 21.9 Å². The highest BCUT2D eigenvalue weighted by molar-refractivity contribution is 9.10. The van der Waals surface area contributed by atoms with Gasteiger partial charge in [0.25, 0.3) is 0 Å². The van der Waals surface area contributed by atoms with Crippen LogP contribution in [-0.2, 0) is 0 Å². The lowest BCUT2D eigenvalue weighted by atomic mass is 10.1. The highest BCUT2D eigenvalue weighted by Crippen LogP contribution is 2.28. The highest BCUT2D eigenvalue weighted by Gasteiger charge is 2.14. The van der Waals surface area contributed by atoms with Crippen LogP contribution in [0, 0.1) is 0 Å². The van der Waals surface area contributed by atoms with Gasteiger partial charge in [0.15, 0.2) is 0 Å². The van der Waals surface area contributed by atoms with Crippen molar-refractivity contribution >= 4 is 39.1 Å². The van der Waals surface area contributed by atoms with Crippen molar-refractivity contribution < 1.29 is 0 Å². The van der Waals surface area contributed by atoms with Crippen molar-refractivity contribution in [3.8, 4) is 0 Å². The molecular formula is C11H15BrN2S. The first kappa shape index (κ1) is 11.1. The summed E-state index contributed by atoms with van der Waals surface area (Å²) in [5, 5.41) is 3.56. The molecule has 0 unspecified atom stereocenters. The van der Waals surface area contributed by atoms with Gasteiger partial charge in [-0.15, -0.1) is 0 Å². The van der Waals surface area contributed by atoms with Gasteiger partial charge in [0.1, 0.15) is 0 Å². The summed E-state index contributed by atoms with van der Waals surface area (Å²) in [5.74, 6) is 2.54. The first-order chi connectivity index (χ1) is 7.25. The third kappa shape index (κ3) is 3.05. The minimum Gasteiger partial charge on any atom is -0.399 e. The van der Waals surface area contributed by atoms with Crippen molar-refractivity contribution in [1.29, 1.82) is 0 Å². The second kappa shape index (κ2) is 5.12. The summed E-state index contributed by atoms with van der Waals surface area (Å²) in [4.78, 5) is 0. The maximum atomic E-state index is 5.70. The Morgan fingerprint density at radius 2 is 2.07 bits per heavy atom. The Bertz CT molecular complexity index is 337. The quantitative estimate of drug-likeness (QED) is 0.819. The summed E-state index contributed by atoms with van der Waals surface area (Å²) in [6.45, 7) is 0. The molecule has 4 heteroatoms. The molecule has 0 atom stereocenters. The first-order valence-electron chi connectivity index (χ1n) is 5.15. The van der Waals surface area contributed by atoms with Crippen molar-refractivity contribution in [2.75, 3.05) is 22.6 Å². The molecule has 0 aromatic heterocycles. The molecule has 0 radical (unpaired) electrons. The molecule has 1 aromatic carbocycles. The summed E-state index contributed by atoms with van der Waals surface area (Å²) in [7, 11) is 0. The van der Waals surface area contributed by atoms with E-state index in [0.717, 1.165) is 15.8 Å². The molecule has 1 saturated heterocycles. The molecule has 0 spiro atoms. The zero-order chi connectivity index (χ0) is 10.7. The van der Waals surface area contributed by atoms with Gasteiger partial charge in [-0.2, -0.15) is 11.8 Å². The largest absolute Gasteiger partial charge is 0.399 e. The Hall–Kier alpha value is -0.350. The lowest BCUT2D eigenvalue weighted by Gasteiger charge is -2.24. The maximum Gasteiger partial charge on any atom is 0.0488 e. The van der Waals surface area contributed by atoms with E-state index >= 15 is 0 Å². The lowest BCUT2D eigenvalue weighted by molar-refractivity contribution is 0.666. The minimum atomic E-state index is 0.617. The van der Waals surface area contributed by atoms with Crippen molar-refractivity contribution in [3.05, 3.63) is 22.7 Å². The van der Waals surface area contributed by atoms with Crippen LogP contribution in [-0.4, -0.2) is 17.5 Å². The highest BCUT2D eigenvalue weighted by atomic mass is 79.9. The van der Waals surface area contributed by atoms with Crippen LogP contribution in [0.2, 0.25) is 0 Å². The first-order valence-corrected chi connectivity index (χ1v) is 7.10. The number of halogens is 1. The zero-order valence-electron chi connectivity index (χ0n) is 8.50. The smallest absolute Gasteiger partial charge is 0.0488 e. The predicted molar refractivity (Wildman–Crippen MR) is 72.5 cm³/mol. The fourth-order valence-electron chi connectivity index (χ4n) is 1.71. The summed E-state index contributed by atoms with van der Waals surface area (Å²) in [6.07, 6.45) is 2.50. The maximum absolute atomic E-state index is 5.70. The lowest BCUT2D eigenvalue weighted by Crippen LogP contribution is -2.24. The number of anilines is 2. The Kier molecular flexibility index (Phi) is 3.81. The molecule has 1 heterocycles. The Balaban J connectivity index is 2.03. The van der Waals surface area contributed by atoms with Gasteiger partial charge in [-0.25, -0.2) is 0 Å². The molecule has 0 amide bonds. The van der Waals surface area contributed by atoms with Crippen molar-refractivity contribution in [2.45, 2.75) is 18.9 Å². The van der Waals surface area contributed by atoms with Crippen molar-refractivity contribution in [3.63, 3.8) is 0 Å². The fraction of sp³-hybridized carbons (Fsp3) is 0.455. The van der Waals surface area contributed by atoms with Gasteiger partial charge < -0.3 is 11.1 Å². The van der Waals surface area contributed by atoms with Crippen molar-refractivity contribution in [2.24, 2.45) is 0 Å². The van der Waals surface area contributed by atoms with Crippen LogP contribution in [0.3, 0.4) is 0 Å². The minimum absolute atomic E-state index is 0.617. The van der Waals surface area contributed by atoms with E-state index in [9.17, 15) is 0 Å². The molecule has 1 aromatic rings. The van der Waals surface area contributed by atoms with Gasteiger partial charge in [-0.1, -0.05) is 0 Å². The van der Waals surface area contributed by atoms with E-state index in [2.05, 4.69) is 21.2 Å². The molecule has 0 saturated carbocycles. The average molecular weight is 287 g/mol. The van der Waals surface area contributed by atoms with Gasteiger partial charge in [-0.3, -0.25) is 0 Å². The standard InChI is InChI=1S/C11H15BrN2S/c12-10-7-8(13)1-2-11(10)14-9-3-5-15-6-4-9/h1-2,7,9,14H,3-6,13H2. The van der Waals surface area contributed by atoms with E-state index in [4.69, 9.17) is 5.73 Å². The molecular weight excluding hydrogens is 272 g/mol. The molecule has 2 nitrogen and oxygen atoms in total. The molecule has 82 valence electrons. The van der Waals surface area contributed by atoms with Crippen LogP contribution in [0.5, 0.6) is 0 Å². The number of rotatable bonds is 2. The molecule has 1 aliphatic rings. The molecule has 1 aliphatic heterocycles. The Morgan fingerprint density at radius 3 is 2.73 bits per heavy atom. The number of nitrogens with one attached hydrogen (secondary N) is 1. The molecule has 0 bridgehead atoms.